The van der Waals surface area contributed by atoms with E-state index in [1.807, 2.05) is 0 Å². The lowest BCUT2D eigenvalue weighted by Gasteiger charge is -2.06. The standard InChI is InChI=1S/C17H17NO4/c1-21-14-7-3-12(4-8-14)16(19)11-17(20)18-13-5-9-15(22-2)10-6-13/h3-10H,11H2,1-2H3,(H,18,20). The van der Waals surface area contributed by atoms with E-state index in [1.54, 1.807) is 62.8 Å². The van der Waals surface area contributed by atoms with Gasteiger partial charge >= 0.3 is 0 Å². The minimum Gasteiger partial charge on any atom is -0.497 e. The minimum absolute atomic E-state index is 0.210. The molecule has 0 saturated heterocycles. The van der Waals surface area contributed by atoms with Gasteiger partial charge in [0.2, 0.25) is 5.91 Å². The Morgan fingerprint density at radius 3 is 1.86 bits per heavy atom. The zero-order valence-corrected chi connectivity index (χ0v) is 12.5. The fourth-order valence-corrected chi connectivity index (χ4v) is 1.90. The number of rotatable bonds is 6. The molecule has 1 amide bonds. The summed E-state index contributed by atoms with van der Waals surface area (Å²) in [6, 6.07) is 13.6. The molecule has 0 heterocycles. The number of carbonyl (C=O) groups excluding carboxylic acids is 2. The number of benzene rings is 2. The van der Waals surface area contributed by atoms with Crippen molar-refractivity contribution >= 4 is 17.4 Å². The second kappa shape index (κ2) is 7.26. The van der Waals surface area contributed by atoms with Crippen molar-refractivity contribution in [2.75, 3.05) is 19.5 Å². The molecule has 2 rings (SSSR count). The van der Waals surface area contributed by atoms with E-state index in [-0.39, 0.29) is 18.1 Å². The van der Waals surface area contributed by atoms with Gasteiger partial charge in [-0.1, -0.05) is 0 Å². The first-order valence-corrected chi connectivity index (χ1v) is 6.73. The summed E-state index contributed by atoms with van der Waals surface area (Å²) in [6.07, 6.45) is -0.210. The van der Waals surface area contributed by atoms with Crippen molar-refractivity contribution in [3.05, 3.63) is 54.1 Å². The van der Waals surface area contributed by atoms with Crippen LogP contribution in [0.1, 0.15) is 16.8 Å². The quantitative estimate of drug-likeness (QED) is 0.658. The third-order valence-electron chi connectivity index (χ3n) is 3.11. The van der Waals surface area contributed by atoms with Crippen LogP contribution >= 0.6 is 0 Å². The Labute approximate surface area is 128 Å². The topological polar surface area (TPSA) is 64.6 Å². The number of carbonyl (C=O) groups is 2. The molecule has 114 valence electrons. The smallest absolute Gasteiger partial charge is 0.232 e. The molecule has 0 spiro atoms. The van der Waals surface area contributed by atoms with Gasteiger partial charge in [-0.05, 0) is 48.5 Å². The van der Waals surface area contributed by atoms with E-state index in [0.29, 0.717) is 22.7 Å². The molecule has 1 N–H and O–H groups in total. The van der Waals surface area contributed by atoms with Crippen LogP contribution in [0.5, 0.6) is 11.5 Å². The molecule has 0 bridgehead atoms. The Balaban J connectivity index is 1.93. The first-order chi connectivity index (χ1) is 10.6. The van der Waals surface area contributed by atoms with Crippen LogP contribution in [0.2, 0.25) is 0 Å². The molecular weight excluding hydrogens is 282 g/mol. The van der Waals surface area contributed by atoms with Gasteiger partial charge in [0, 0.05) is 11.3 Å². The Bertz CT molecular complexity index is 647. The monoisotopic (exact) mass is 299 g/mol. The summed E-state index contributed by atoms with van der Waals surface area (Å²) >= 11 is 0. The van der Waals surface area contributed by atoms with Crippen LogP contribution in [0.4, 0.5) is 5.69 Å². The number of methoxy groups -OCH3 is 2. The van der Waals surface area contributed by atoms with E-state index in [4.69, 9.17) is 9.47 Å². The minimum atomic E-state index is -0.356. The highest BCUT2D eigenvalue weighted by Gasteiger charge is 2.12. The van der Waals surface area contributed by atoms with Gasteiger partial charge in [0.05, 0.1) is 20.6 Å². The molecule has 0 aliphatic carbocycles. The SMILES string of the molecule is COc1ccc(NC(=O)CC(=O)c2ccc(OC)cc2)cc1. The van der Waals surface area contributed by atoms with Gasteiger partial charge in [-0.2, -0.15) is 0 Å². The molecule has 0 aliphatic rings. The zero-order chi connectivity index (χ0) is 15.9. The van der Waals surface area contributed by atoms with Crippen molar-refractivity contribution in [3.8, 4) is 11.5 Å². The Kier molecular flexibility index (Phi) is 5.14. The third kappa shape index (κ3) is 4.09. The second-order valence-corrected chi connectivity index (χ2v) is 4.61. The molecule has 0 aromatic heterocycles. The summed E-state index contributed by atoms with van der Waals surface area (Å²) in [5, 5.41) is 2.68. The van der Waals surface area contributed by atoms with Crippen LogP contribution in [0.25, 0.3) is 0 Å². The normalized spacial score (nSPS) is 9.91. The number of Topliss-reactive ketones (excluding diaryl/α,β-unsaturated/α-hetero) is 1. The third-order valence-corrected chi connectivity index (χ3v) is 3.11. The largest absolute Gasteiger partial charge is 0.497 e. The molecule has 0 atom stereocenters. The summed E-state index contributed by atoms with van der Waals surface area (Å²) in [5.74, 6) is 0.770. The molecular formula is C17H17NO4. The predicted molar refractivity (Wildman–Crippen MR) is 83.6 cm³/mol. The lowest BCUT2D eigenvalue weighted by molar-refractivity contribution is -0.115. The van der Waals surface area contributed by atoms with Gasteiger partial charge < -0.3 is 14.8 Å². The number of hydrogen-bond donors (Lipinski definition) is 1. The van der Waals surface area contributed by atoms with Gasteiger partial charge in [-0.3, -0.25) is 9.59 Å². The first-order valence-electron chi connectivity index (χ1n) is 6.73. The van der Waals surface area contributed by atoms with Crippen molar-refractivity contribution in [1.82, 2.24) is 0 Å². The lowest BCUT2D eigenvalue weighted by Crippen LogP contribution is -2.16. The molecule has 2 aromatic carbocycles. The van der Waals surface area contributed by atoms with Crippen LogP contribution in [0.3, 0.4) is 0 Å². The van der Waals surface area contributed by atoms with Crippen molar-refractivity contribution in [2.45, 2.75) is 6.42 Å². The van der Waals surface area contributed by atoms with Gasteiger partial charge in [0.1, 0.15) is 11.5 Å². The van der Waals surface area contributed by atoms with E-state index >= 15 is 0 Å². The summed E-state index contributed by atoms with van der Waals surface area (Å²) in [4.78, 5) is 23.9. The fourth-order valence-electron chi connectivity index (χ4n) is 1.90. The summed E-state index contributed by atoms with van der Waals surface area (Å²) in [5.41, 5.74) is 1.10. The van der Waals surface area contributed by atoms with Crippen molar-refractivity contribution < 1.29 is 19.1 Å². The summed E-state index contributed by atoms with van der Waals surface area (Å²) < 4.78 is 10.1. The highest BCUT2D eigenvalue weighted by molar-refractivity contribution is 6.11. The molecule has 0 radical (unpaired) electrons. The average Bonchev–Trinajstić information content (AvgIpc) is 2.55. The van der Waals surface area contributed by atoms with Crippen LogP contribution < -0.4 is 14.8 Å². The molecule has 22 heavy (non-hydrogen) atoms. The fraction of sp³-hybridized carbons (Fsp3) is 0.176. The number of hydrogen-bond acceptors (Lipinski definition) is 4. The van der Waals surface area contributed by atoms with E-state index in [1.165, 1.54) is 0 Å². The zero-order valence-electron chi connectivity index (χ0n) is 12.5. The van der Waals surface area contributed by atoms with Gasteiger partial charge in [-0.15, -0.1) is 0 Å². The molecule has 5 heteroatoms. The number of ether oxygens (including phenoxy) is 2. The van der Waals surface area contributed by atoms with Crippen molar-refractivity contribution in [2.24, 2.45) is 0 Å². The van der Waals surface area contributed by atoms with E-state index in [0.717, 1.165) is 0 Å². The van der Waals surface area contributed by atoms with Crippen molar-refractivity contribution in [3.63, 3.8) is 0 Å². The lowest BCUT2D eigenvalue weighted by atomic mass is 10.1. The molecule has 0 fully saturated rings. The molecule has 2 aromatic rings. The van der Waals surface area contributed by atoms with Gasteiger partial charge in [0.25, 0.3) is 0 Å². The average molecular weight is 299 g/mol. The Hall–Kier alpha value is -2.82. The van der Waals surface area contributed by atoms with Crippen LogP contribution in [-0.2, 0) is 4.79 Å². The second-order valence-electron chi connectivity index (χ2n) is 4.61. The molecule has 0 saturated carbocycles. The Morgan fingerprint density at radius 2 is 1.36 bits per heavy atom. The summed E-state index contributed by atoms with van der Waals surface area (Å²) in [6.45, 7) is 0. The molecule has 0 aliphatic heterocycles. The first kappa shape index (κ1) is 15.6. The maximum atomic E-state index is 12.0. The van der Waals surface area contributed by atoms with Crippen LogP contribution in [0.15, 0.2) is 48.5 Å². The predicted octanol–water partition coefficient (Wildman–Crippen LogP) is 2.92. The van der Waals surface area contributed by atoms with Gasteiger partial charge in [-0.25, -0.2) is 0 Å². The summed E-state index contributed by atoms with van der Waals surface area (Å²) in [7, 11) is 3.13. The maximum Gasteiger partial charge on any atom is 0.232 e. The van der Waals surface area contributed by atoms with Crippen LogP contribution in [-0.4, -0.2) is 25.9 Å². The van der Waals surface area contributed by atoms with Crippen LogP contribution in [0, 0.1) is 0 Å². The van der Waals surface area contributed by atoms with E-state index in [2.05, 4.69) is 5.32 Å². The highest BCUT2D eigenvalue weighted by Crippen LogP contribution is 2.16. The molecule has 0 unspecified atom stereocenters. The maximum absolute atomic E-state index is 12.0. The van der Waals surface area contributed by atoms with E-state index < -0.39 is 0 Å². The molecule has 5 nitrogen and oxygen atoms in total. The highest BCUT2D eigenvalue weighted by atomic mass is 16.5. The number of nitrogens with one attached hydrogen (secondary N) is 1. The van der Waals surface area contributed by atoms with Gasteiger partial charge in [0.15, 0.2) is 5.78 Å². The number of ketones is 1. The Morgan fingerprint density at radius 1 is 0.864 bits per heavy atom. The van der Waals surface area contributed by atoms with Crippen molar-refractivity contribution in [1.29, 1.82) is 0 Å². The number of anilines is 1. The number of amides is 1. The van der Waals surface area contributed by atoms with E-state index in [9.17, 15) is 9.59 Å².